The number of imidazole rings is 1. The van der Waals surface area contributed by atoms with Crippen LogP contribution in [-0.2, 0) is 0 Å². The molecule has 0 bridgehead atoms. The molecule has 0 fully saturated rings. The summed E-state index contributed by atoms with van der Waals surface area (Å²) in [6.45, 7) is 3.96. The Hall–Kier alpha value is -4.00. The van der Waals surface area contributed by atoms with Crippen molar-refractivity contribution in [1.82, 2.24) is 24.5 Å². The van der Waals surface area contributed by atoms with Crippen LogP contribution in [0.15, 0.2) is 71.9 Å². The number of H-pyrrole nitrogens is 1. The molecule has 2 N–H and O–H groups in total. The number of rotatable bonds is 4. The van der Waals surface area contributed by atoms with Crippen molar-refractivity contribution in [3.05, 3.63) is 88.7 Å². The van der Waals surface area contributed by atoms with Gasteiger partial charge >= 0.3 is 0 Å². The lowest BCUT2D eigenvalue weighted by Gasteiger charge is -2.21. The quantitative estimate of drug-likeness (QED) is 0.477. The smallest absolute Gasteiger partial charge is 0.263 e. The fourth-order valence-electron chi connectivity index (χ4n) is 3.79. The van der Waals surface area contributed by atoms with Gasteiger partial charge in [-0.3, -0.25) is 9.36 Å². The molecular formula is C23H20N6O. The summed E-state index contributed by atoms with van der Waals surface area (Å²) < 4.78 is 1.76. The number of anilines is 1. The third-order valence-corrected chi connectivity index (χ3v) is 5.26. The van der Waals surface area contributed by atoms with Gasteiger partial charge in [0.15, 0.2) is 5.65 Å². The van der Waals surface area contributed by atoms with Crippen molar-refractivity contribution in [1.29, 1.82) is 0 Å². The number of aromatic amines is 1. The van der Waals surface area contributed by atoms with Crippen LogP contribution in [0.1, 0.15) is 24.2 Å². The minimum atomic E-state index is -0.223. The molecule has 0 saturated heterocycles. The van der Waals surface area contributed by atoms with Gasteiger partial charge < -0.3 is 10.3 Å². The Morgan fingerprint density at radius 1 is 1.07 bits per heavy atom. The molecule has 7 nitrogen and oxygen atoms in total. The van der Waals surface area contributed by atoms with Crippen molar-refractivity contribution in [3.63, 3.8) is 0 Å². The molecule has 1 unspecified atom stereocenters. The van der Waals surface area contributed by atoms with Crippen LogP contribution in [0.4, 0.5) is 5.95 Å². The predicted molar refractivity (Wildman–Crippen MR) is 118 cm³/mol. The molecule has 0 aliphatic rings. The number of pyridine rings is 1. The van der Waals surface area contributed by atoms with Crippen LogP contribution in [0.2, 0.25) is 0 Å². The van der Waals surface area contributed by atoms with E-state index in [9.17, 15) is 4.79 Å². The Balaban J connectivity index is 1.67. The Labute approximate surface area is 172 Å². The zero-order valence-electron chi connectivity index (χ0n) is 16.6. The Bertz CT molecular complexity index is 1420. The summed E-state index contributed by atoms with van der Waals surface area (Å²) in [5.41, 5.74) is 3.94. The van der Waals surface area contributed by atoms with Gasteiger partial charge in [-0.15, -0.1) is 0 Å². The molecule has 7 heteroatoms. The Morgan fingerprint density at radius 2 is 1.90 bits per heavy atom. The largest absolute Gasteiger partial charge is 0.346 e. The first kappa shape index (κ1) is 18.1. The zero-order valence-corrected chi connectivity index (χ0v) is 16.6. The minimum Gasteiger partial charge on any atom is -0.346 e. The molecule has 5 aromatic rings. The Kier molecular flexibility index (Phi) is 4.28. The molecule has 1 atom stereocenters. The van der Waals surface area contributed by atoms with Crippen molar-refractivity contribution in [2.75, 3.05) is 5.32 Å². The first-order chi connectivity index (χ1) is 14.6. The SMILES string of the molecule is Cc1cccc2cc(C(C)Nc3ncc4[nH]cnc4n3)n(-c3ccccc3)c(=O)c12. The van der Waals surface area contributed by atoms with Crippen LogP contribution in [0.3, 0.4) is 0 Å². The molecule has 0 radical (unpaired) electrons. The van der Waals surface area contributed by atoms with E-state index in [4.69, 9.17) is 0 Å². The fraction of sp³-hybridized carbons (Fsp3) is 0.130. The minimum absolute atomic E-state index is 0.0379. The number of para-hydroxylation sites is 1. The van der Waals surface area contributed by atoms with Crippen molar-refractivity contribution < 1.29 is 0 Å². The summed E-state index contributed by atoms with van der Waals surface area (Å²) in [7, 11) is 0. The van der Waals surface area contributed by atoms with Crippen molar-refractivity contribution >= 4 is 27.9 Å². The van der Waals surface area contributed by atoms with Crippen LogP contribution >= 0.6 is 0 Å². The number of fused-ring (bicyclic) bond motifs is 2. The summed E-state index contributed by atoms with van der Waals surface area (Å²) >= 11 is 0. The highest BCUT2D eigenvalue weighted by Crippen LogP contribution is 2.24. The molecule has 148 valence electrons. The number of aromatic nitrogens is 5. The maximum absolute atomic E-state index is 13.6. The van der Waals surface area contributed by atoms with E-state index in [1.165, 1.54) is 0 Å². The second kappa shape index (κ2) is 7.11. The van der Waals surface area contributed by atoms with E-state index in [1.54, 1.807) is 17.1 Å². The van der Waals surface area contributed by atoms with E-state index in [-0.39, 0.29) is 11.6 Å². The predicted octanol–water partition coefficient (Wildman–Crippen LogP) is 4.14. The molecule has 2 aromatic carbocycles. The lowest BCUT2D eigenvalue weighted by molar-refractivity contribution is 0.768. The van der Waals surface area contributed by atoms with Gasteiger partial charge in [-0.25, -0.2) is 9.97 Å². The van der Waals surface area contributed by atoms with E-state index in [2.05, 4.69) is 31.3 Å². The topological polar surface area (TPSA) is 88.5 Å². The third kappa shape index (κ3) is 3.00. The van der Waals surface area contributed by atoms with Crippen molar-refractivity contribution in [2.24, 2.45) is 0 Å². The van der Waals surface area contributed by atoms with Gasteiger partial charge in [-0.2, -0.15) is 4.98 Å². The van der Waals surface area contributed by atoms with E-state index in [1.807, 2.05) is 62.4 Å². The van der Waals surface area contributed by atoms with Gasteiger partial charge in [0.2, 0.25) is 5.95 Å². The van der Waals surface area contributed by atoms with Gasteiger partial charge in [0, 0.05) is 11.4 Å². The zero-order chi connectivity index (χ0) is 20.7. The number of aryl methyl sites for hydroxylation is 1. The molecule has 5 rings (SSSR count). The summed E-state index contributed by atoms with van der Waals surface area (Å²) in [6, 6.07) is 17.4. The molecule has 0 aliphatic carbocycles. The van der Waals surface area contributed by atoms with Crippen LogP contribution in [0.5, 0.6) is 0 Å². The number of nitrogens with zero attached hydrogens (tertiary/aromatic N) is 4. The normalized spacial score (nSPS) is 12.3. The van der Waals surface area contributed by atoms with Crippen LogP contribution in [-0.4, -0.2) is 24.5 Å². The van der Waals surface area contributed by atoms with Gasteiger partial charge in [-0.05, 0) is 43.0 Å². The third-order valence-electron chi connectivity index (χ3n) is 5.26. The second-order valence-electron chi connectivity index (χ2n) is 7.28. The lowest BCUT2D eigenvalue weighted by Crippen LogP contribution is -2.26. The molecular weight excluding hydrogens is 376 g/mol. The van der Waals surface area contributed by atoms with Gasteiger partial charge in [-0.1, -0.05) is 36.4 Å². The van der Waals surface area contributed by atoms with Gasteiger partial charge in [0.05, 0.1) is 24.0 Å². The molecule has 3 heterocycles. The molecule has 0 amide bonds. The Morgan fingerprint density at radius 3 is 2.73 bits per heavy atom. The summed E-state index contributed by atoms with van der Waals surface area (Å²) in [5, 5.41) is 4.97. The average molecular weight is 396 g/mol. The monoisotopic (exact) mass is 396 g/mol. The maximum atomic E-state index is 13.6. The standard InChI is InChI=1S/C23H20N6O/c1-14-7-6-8-16-11-19(29(22(30)20(14)16)17-9-4-3-5-10-17)15(2)27-23-24-12-18-21(28-23)26-13-25-18/h3-13,15H,1-2H3,(H2,24,25,26,27,28). The number of hydrogen-bond acceptors (Lipinski definition) is 5. The average Bonchev–Trinajstić information content (AvgIpc) is 3.22. The molecule has 0 aliphatic heterocycles. The van der Waals surface area contributed by atoms with Gasteiger partial charge in [0.25, 0.3) is 5.56 Å². The molecule has 3 aromatic heterocycles. The van der Waals surface area contributed by atoms with Crippen molar-refractivity contribution in [2.45, 2.75) is 19.9 Å². The van der Waals surface area contributed by atoms with E-state index >= 15 is 0 Å². The van der Waals surface area contributed by atoms with Crippen molar-refractivity contribution in [3.8, 4) is 5.69 Å². The summed E-state index contributed by atoms with van der Waals surface area (Å²) in [5.74, 6) is 0.457. The van der Waals surface area contributed by atoms with Gasteiger partial charge in [0.1, 0.15) is 5.52 Å². The number of hydrogen-bond donors (Lipinski definition) is 2. The summed E-state index contributed by atoms with van der Waals surface area (Å²) in [4.78, 5) is 29.5. The first-order valence-corrected chi connectivity index (χ1v) is 9.75. The van der Waals surface area contributed by atoms with Crippen LogP contribution < -0.4 is 10.9 Å². The highest BCUT2D eigenvalue weighted by molar-refractivity contribution is 5.85. The van der Waals surface area contributed by atoms with Crippen LogP contribution in [0.25, 0.3) is 27.6 Å². The first-order valence-electron chi connectivity index (χ1n) is 9.75. The van der Waals surface area contributed by atoms with Crippen LogP contribution in [0, 0.1) is 6.92 Å². The molecule has 0 saturated carbocycles. The number of benzene rings is 2. The maximum Gasteiger partial charge on any atom is 0.263 e. The molecule has 30 heavy (non-hydrogen) atoms. The van der Waals surface area contributed by atoms with E-state index < -0.39 is 0 Å². The highest BCUT2D eigenvalue weighted by atomic mass is 16.1. The fourth-order valence-corrected chi connectivity index (χ4v) is 3.79. The molecule has 0 spiro atoms. The summed E-state index contributed by atoms with van der Waals surface area (Å²) in [6.07, 6.45) is 3.28. The second-order valence-corrected chi connectivity index (χ2v) is 7.28. The van der Waals surface area contributed by atoms with E-state index in [0.717, 1.165) is 33.2 Å². The highest BCUT2D eigenvalue weighted by Gasteiger charge is 2.18. The number of nitrogens with one attached hydrogen (secondary N) is 2. The lowest BCUT2D eigenvalue weighted by atomic mass is 10.0. The van der Waals surface area contributed by atoms with E-state index in [0.29, 0.717) is 11.6 Å².